The van der Waals surface area contributed by atoms with Crippen molar-refractivity contribution < 1.29 is 9.90 Å². The quantitative estimate of drug-likeness (QED) is 0.675. The van der Waals surface area contributed by atoms with Crippen molar-refractivity contribution in [3.63, 3.8) is 0 Å². The van der Waals surface area contributed by atoms with Crippen LogP contribution >= 0.6 is 0 Å². The fourth-order valence-electron chi connectivity index (χ4n) is 3.00. The number of nitrogens with zero attached hydrogens (tertiary/aromatic N) is 1. The van der Waals surface area contributed by atoms with Gasteiger partial charge in [0.2, 0.25) is 5.91 Å². The summed E-state index contributed by atoms with van der Waals surface area (Å²) in [6, 6.07) is 0. The molecule has 1 N–H and O–H groups in total. The second-order valence-corrected chi connectivity index (χ2v) is 5.02. The van der Waals surface area contributed by atoms with Gasteiger partial charge < -0.3 is 10.0 Å². The predicted molar refractivity (Wildman–Crippen MR) is 61.6 cm³/mol. The van der Waals surface area contributed by atoms with Gasteiger partial charge in [-0.05, 0) is 19.3 Å². The molecule has 3 nitrogen and oxygen atoms in total. The minimum Gasteiger partial charge on any atom is -0.389 e. The van der Waals surface area contributed by atoms with Crippen LogP contribution in [0.4, 0.5) is 0 Å². The average molecular weight is 221 g/mol. The normalized spacial score (nSPS) is 34.0. The van der Waals surface area contributed by atoms with E-state index in [4.69, 9.17) is 6.42 Å². The van der Waals surface area contributed by atoms with Crippen LogP contribution in [0.2, 0.25) is 0 Å². The minimum atomic E-state index is -0.509. The van der Waals surface area contributed by atoms with E-state index >= 15 is 0 Å². The molecule has 2 fully saturated rings. The van der Waals surface area contributed by atoms with Gasteiger partial charge in [0.05, 0.1) is 12.0 Å². The molecule has 1 heterocycles. The fraction of sp³-hybridized carbons (Fsp3) is 0.769. The Bertz CT molecular complexity index is 320. The van der Waals surface area contributed by atoms with E-state index in [1.165, 1.54) is 6.42 Å². The summed E-state index contributed by atoms with van der Waals surface area (Å²) >= 11 is 0. The number of carbonyl (C=O) groups is 1. The van der Waals surface area contributed by atoms with E-state index < -0.39 is 5.60 Å². The van der Waals surface area contributed by atoms with Gasteiger partial charge in [-0.25, -0.2) is 0 Å². The molecule has 0 spiro atoms. The lowest BCUT2D eigenvalue weighted by molar-refractivity contribution is -0.142. The molecule has 2 aliphatic rings. The Morgan fingerprint density at radius 2 is 2.31 bits per heavy atom. The van der Waals surface area contributed by atoms with E-state index in [0.717, 1.165) is 19.3 Å². The van der Waals surface area contributed by atoms with Gasteiger partial charge in [-0.1, -0.05) is 18.8 Å². The van der Waals surface area contributed by atoms with E-state index in [1.54, 1.807) is 0 Å². The number of aliphatic hydroxyl groups is 1. The maximum atomic E-state index is 11.7. The SMILES string of the molecule is C#CCC(=O)N1CCC2(O)CCCCC2C1. The molecule has 88 valence electrons. The standard InChI is InChI=1S/C13H19NO2/c1-2-5-12(15)14-9-8-13(16)7-4-3-6-11(13)10-14/h1,11,16H,3-10H2. The van der Waals surface area contributed by atoms with E-state index in [9.17, 15) is 9.90 Å². The molecule has 1 aliphatic heterocycles. The summed E-state index contributed by atoms with van der Waals surface area (Å²) in [7, 11) is 0. The van der Waals surface area contributed by atoms with Crippen LogP contribution in [0.5, 0.6) is 0 Å². The molecule has 2 rings (SSSR count). The van der Waals surface area contributed by atoms with Crippen LogP contribution in [0.15, 0.2) is 0 Å². The van der Waals surface area contributed by atoms with E-state index in [1.807, 2.05) is 4.90 Å². The number of hydrogen-bond donors (Lipinski definition) is 1. The summed E-state index contributed by atoms with van der Waals surface area (Å²) in [5, 5.41) is 10.4. The Kier molecular flexibility index (Phi) is 3.20. The number of hydrogen-bond acceptors (Lipinski definition) is 2. The maximum Gasteiger partial charge on any atom is 0.234 e. The third-order valence-corrected chi connectivity index (χ3v) is 4.03. The van der Waals surface area contributed by atoms with Crippen molar-refractivity contribution in [2.75, 3.05) is 13.1 Å². The lowest BCUT2D eigenvalue weighted by Gasteiger charge is -2.47. The monoisotopic (exact) mass is 221 g/mol. The van der Waals surface area contributed by atoms with Crippen molar-refractivity contribution in [1.29, 1.82) is 0 Å². The maximum absolute atomic E-state index is 11.7. The highest BCUT2D eigenvalue weighted by Gasteiger charge is 2.43. The van der Waals surface area contributed by atoms with Gasteiger partial charge >= 0.3 is 0 Å². The predicted octanol–water partition coefficient (Wildman–Crippen LogP) is 1.16. The summed E-state index contributed by atoms with van der Waals surface area (Å²) in [5.74, 6) is 2.69. The number of piperidine rings is 1. The number of fused-ring (bicyclic) bond motifs is 1. The smallest absolute Gasteiger partial charge is 0.234 e. The zero-order valence-electron chi connectivity index (χ0n) is 9.61. The molecule has 1 aliphatic carbocycles. The number of likely N-dealkylation sites (tertiary alicyclic amines) is 1. The first-order chi connectivity index (χ1) is 7.65. The van der Waals surface area contributed by atoms with Crippen molar-refractivity contribution in [1.82, 2.24) is 4.90 Å². The molecule has 1 saturated carbocycles. The number of carbonyl (C=O) groups excluding carboxylic acids is 1. The van der Waals surface area contributed by atoms with Gasteiger partial charge in [0.1, 0.15) is 0 Å². The van der Waals surface area contributed by atoms with Crippen molar-refractivity contribution in [2.45, 2.75) is 44.1 Å². The molecule has 2 unspecified atom stereocenters. The highest BCUT2D eigenvalue weighted by Crippen LogP contribution is 2.39. The van der Waals surface area contributed by atoms with Gasteiger partial charge in [0.15, 0.2) is 0 Å². The summed E-state index contributed by atoms with van der Waals surface area (Å²) in [6.45, 7) is 1.35. The third-order valence-electron chi connectivity index (χ3n) is 4.03. The zero-order valence-corrected chi connectivity index (χ0v) is 9.61. The molecule has 1 saturated heterocycles. The molecule has 0 aromatic rings. The first-order valence-electron chi connectivity index (χ1n) is 6.09. The van der Waals surface area contributed by atoms with Crippen molar-refractivity contribution in [3.05, 3.63) is 0 Å². The van der Waals surface area contributed by atoms with Gasteiger partial charge in [0.25, 0.3) is 0 Å². The highest BCUT2D eigenvalue weighted by atomic mass is 16.3. The van der Waals surface area contributed by atoms with Crippen molar-refractivity contribution in [3.8, 4) is 12.3 Å². The van der Waals surface area contributed by atoms with Crippen LogP contribution in [0.1, 0.15) is 38.5 Å². The second-order valence-electron chi connectivity index (χ2n) is 5.02. The number of terminal acetylenes is 1. The number of rotatable bonds is 1. The van der Waals surface area contributed by atoms with E-state index in [-0.39, 0.29) is 18.2 Å². The Morgan fingerprint density at radius 1 is 1.50 bits per heavy atom. The van der Waals surface area contributed by atoms with Gasteiger partial charge in [-0.2, -0.15) is 0 Å². The van der Waals surface area contributed by atoms with Crippen LogP contribution in [0, 0.1) is 18.3 Å². The minimum absolute atomic E-state index is 0.0372. The lowest BCUT2D eigenvalue weighted by atomic mass is 9.71. The molecule has 0 radical (unpaired) electrons. The zero-order chi connectivity index (χ0) is 11.6. The van der Waals surface area contributed by atoms with Crippen LogP contribution < -0.4 is 0 Å². The summed E-state index contributed by atoms with van der Waals surface area (Å²) in [5.41, 5.74) is -0.509. The molecular weight excluding hydrogens is 202 g/mol. The number of amides is 1. The average Bonchev–Trinajstić information content (AvgIpc) is 2.28. The molecular formula is C13H19NO2. The third kappa shape index (κ3) is 2.08. The summed E-state index contributed by atoms with van der Waals surface area (Å²) in [4.78, 5) is 13.5. The molecule has 0 aromatic heterocycles. The topological polar surface area (TPSA) is 40.5 Å². The first-order valence-corrected chi connectivity index (χ1v) is 6.09. The lowest BCUT2D eigenvalue weighted by Crippen LogP contribution is -2.54. The summed E-state index contributed by atoms with van der Waals surface area (Å²) < 4.78 is 0. The Labute approximate surface area is 96.8 Å². The fourth-order valence-corrected chi connectivity index (χ4v) is 3.00. The van der Waals surface area contributed by atoms with Crippen LogP contribution in [0.3, 0.4) is 0 Å². The molecule has 1 amide bonds. The molecule has 0 aromatic carbocycles. The van der Waals surface area contributed by atoms with Gasteiger partial charge in [-0.3, -0.25) is 4.79 Å². The van der Waals surface area contributed by atoms with Crippen LogP contribution in [0.25, 0.3) is 0 Å². The molecule has 16 heavy (non-hydrogen) atoms. The largest absolute Gasteiger partial charge is 0.389 e. The molecule has 0 bridgehead atoms. The second kappa shape index (κ2) is 4.47. The van der Waals surface area contributed by atoms with Crippen molar-refractivity contribution >= 4 is 5.91 Å². The first kappa shape index (κ1) is 11.5. The molecule has 2 atom stereocenters. The van der Waals surface area contributed by atoms with Crippen molar-refractivity contribution in [2.24, 2.45) is 5.92 Å². The van der Waals surface area contributed by atoms with Gasteiger partial charge in [-0.15, -0.1) is 6.42 Å². The van der Waals surface area contributed by atoms with E-state index in [0.29, 0.717) is 19.5 Å². The van der Waals surface area contributed by atoms with Crippen LogP contribution in [-0.4, -0.2) is 34.6 Å². The Hall–Kier alpha value is -1.01. The van der Waals surface area contributed by atoms with Crippen LogP contribution in [-0.2, 0) is 4.79 Å². The highest BCUT2D eigenvalue weighted by molar-refractivity contribution is 5.78. The summed E-state index contributed by atoms with van der Waals surface area (Å²) in [6.07, 6.45) is 10.3. The Balaban J connectivity index is 2.00. The molecule has 3 heteroatoms. The van der Waals surface area contributed by atoms with E-state index in [2.05, 4.69) is 5.92 Å². The van der Waals surface area contributed by atoms with Gasteiger partial charge in [0, 0.05) is 19.0 Å². The Morgan fingerprint density at radius 3 is 3.06 bits per heavy atom.